The second-order valence-electron chi connectivity index (χ2n) is 7.18. The molecule has 1 aromatic carbocycles. The van der Waals surface area contributed by atoms with Crippen LogP contribution >= 0.6 is 22.7 Å². The highest BCUT2D eigenvalue weighted by atomic mass is 32.1. The van der Waals surface area contributed by atoms with E-state index in [-0.39, 0.29) is 18.6 Å². The van der Waals surface area contributed by atoms with E-state index in [0.717, 1.165) is 21.3 Å². The van der Waals surface area contributed by atoms with Gasteiger partial charge in [-0.25, -0.2) is 9.97 Å². The molecule has 0 radical (unpaired) electrons. The molecule has 2 aromatic heterocycles. The molecular weight excluding hydrogens is 436 g/mol. The zero-order valence-electron chi connectivity index (χ0n) is 17.1. The van der Waals surface area contributed by atoms with Crippen LogP contribution in [0.25, 0.3) is 10.6 Å². The van der Waals surface area contributed by atoms with Crippen LogP contribution in [0.2, 0.25) is 0 Å². The van der Waals surface area contributed by atoms with Gasteiger partial charge in [-0.2, -0.15) is 0 Å². The molecule has 3 aromatic rings. The standard InChI is InChI=1S/C21H22N4O4S2/c1-12-19(31-13(2)22-12)16-11-30-21(23-16)24-20(28)17-8-15(9-25(17)18(27)10-26)29-14-6-4-3-5-7-14/h3-7,11,15,17,26H,8-10H2,1-2H3,(H,23,24,28)/t15-,17+/m1/s1. The lowest BCUT2D eigenvalue weighted by Crippen LogP contribution is -2.44. The second kappa shape index (κ2) is 9.13. The molecular formula is C21H22N4O4S2. The van der Waals surface area contributed by atoms with Crippen molar-refractivity contribution in [2.24, 2.45) is 0 Å². The molecule has 2 atom stereocenters. The van der Waals surface area contributed by atoms with E-state index in [4.69, 9.17) is 4.74 Å². The van der Waals surface area contributed by atoms with Gasteiger partial charge in [-0.1, -0.05) is 18.2 Å². The second-order valence-corrected chi connectivity index (χ2v) is 9.24. The lowest BCUT2D eigenvalue weighted by atomic mass is 10.2. The summed E-state index contributed by atoms with van der Waals surface area (Å²) >= 11 is 2.88. The summed E-state index contributed by atoms with van der Waals surface area (Å²) in [5.74, 6) is -0.182. The quantitative estimate of drug-likeness (QED) is 0.589. The highest BCUT2D eigenvalue weighted by molar-refractivity contribution is 7.16. The van der Waals surface area contributed by atoms with E-state index in [1.807, 2.05) is 49.6 Å². The molecule has 162 valence electrons. The predicted octanol–water partition coefficient (Wildman–Crippen LogP) is 2.86. The number of carbonyl (C=O) groups is 2. The van der Waals surface area contributed by atoms with Crippen molar-refractivity contribution in [2.45, 2.75) is 32.4 Å². The number of aryl methyl sites for hydroxylation is 2. The summed E-state index contributed by atoms with van der Waals surface area (Å²) in [6.45, 7) is 3.44. The first-order valence-electron chi connectivity index (χ1n) is 9.77. The van der Waals surface area contributed by atoms with Gasteiger partial charge in [-0.05, 0) is 26.0 Å². The molecule has 1 aliphatic rings. The van der Waals surface area contributed by atoms with E-state index in [1.165, 1.54) is 16.2 Å². The van der Waals surface area contributed by atoms with Crippen molar-refractivity contribution in [1.29, 1.82) is 0 Å². The van der Waals surface area contributed by atoms with Crippen molar-refractivity contribution in [3.8, 4) is 16.3 Å². The number of aliphatic hydroxyl groups is 1. The van der Waals surface area contributed by atoms with E-state index in [0.29, 0.717) is 17.3 Å². The van der Waals surface area contributed by atoms with E-state index in [1.54, 1.807) is 11.3 Å². The summed E-state index contributed by atoms with van der Waals surface area (Å²) in [5, 5.41) is 15.4. The number of amides is 2. The van der Waals surface area contributed by atoms with Crippen LogP contribution < -0.4 is 10.1 Å². The first-order valence-corrected chi connectivity index (χ1v) is 11.5. The first-order chi connectivity index (χ1) is 14.9. The maximum atomic E-state index is 13.0. The molecule has 4 rings (SSSR count). The van der Waals surface area contributed by atoms with Gasteiger partial charge in [0.05, 0.1) is 27.8 Å². The number of para-hydroxylation sites is 1. The summed E-state index contributed by atoms with van der Waals surface area (Å²) in [4.78, 5) is 36.5. The molecule has 2 N–H and O–H groups in total. The number of ether oxygens (including phenoxy) is 1. The van der Waals surface area contributed by atoms with Crippen molar-refractivity contribution in [3.05, 3.63) is 46.4 Å². The van der Waals surface area contributed by atoms with Crippen LogP contribution in [-0.4, -0.2) is 57.1 Å². The number of nitrogens with one attached hydrogen (secondary N) is 1. The molecule has 0 aliphatic carbocycles. The molecule has 0 spiro atoms. The third kappa shape index (κ3) is 4.76. The van der Waals surface area contributed by atoms with Gasteiger partial charge in [0.25, 0.3) is 0 Å². The Morgan fingerprint density at radius 1 is 1.26 bits per heavy atom. The van der Waals surface area contributed by atoms with Gasteiger partial charge in [-0.3, -0.25) is 9.59 Å². The Kier molecular flexibility index (Phi) is 6.30. The Hall–Kier alpha value is -2.82. The van der Waals surface area contributed by atoms with Crippen LogP contribution in [0.5, 0.6) is 5.75 Å². The maximum absolute atomic E-state index is 13.0. The smallest absolute Gasteiger partial charge is 0.249 e. The van der Waals surface area contributed by atoms with Gasteiger partial charge in [0.15, 0.2) is 5.13 Å². The van der Waals surface area contributed by atoms with Crippen LogP contribution in [0.3, 0.4) is 0 Å². The number of nitrogens with zero attached hydrogens (tertiary/aromatic N) is 3. The van der Waals surface area contributed by atoms with Crippen molar-refractivity contribution in [1.82, 2.24) is 14.9 Å². The molecule has 31 heavy (non-hydrogen) atoms. The van der Waals surface area contributed by atoms with Crippen molar-refractivity contribution < 1.29 is 19.4 Å². The highest BCUT2D eigenvalue weighted by Crippen LogP contribution is 2.32. The number of benzene rings is 1. The third-order valence-electron chi connectivity index (χ3n) is 4.94. The van der Waals surface area contributed by atoms with E-state index < -0.39 is 18.6 Å². The first kappa shape index (κ1) is 21.4. The summed E-state index contributed by atoms with van der Waals surface area (Å²) in [5.41, 5.74) is 1.67. The number of rotatable bonds is 6. The van der Waals surface area contributed by atoms with Gasteiger partial charge < -0.3 is 20.1 Å². The zero-order valence-corrected chi connectivity index (χ0v) is 18.7. The van der Waals surface area contributed by atoms with Crippen LogP contribution in [0, 0.1) is 13.8 Å². The highest BCUT2D eigenvalue weighted by Gasteiger charge is 2.40. The van der Waals surface area contributed by atoms with Gasteiger partial charge in [-0.15, -0.1) is 22.7 Å². The van der Waals surface area contributed by atoms with Gasteiger partial charge in [0, 0.05) is 11.8 Å². The molecule has 2 amide bonds. The molecule has 3 heterocycles. The summed E-state index contributed by atoms with van der Waals surface area (Å²) in [6, 6.07) is 8.51. The fraction of sp³-hybridized carbons (Fsp3) is 0.333. The van der Waals surface area contributed by atoms with Crippen molar-refractivity contribution >= 4 is 39.6 Å². The van der Waals surface area contributed by atoms with E-state index in [9.17, 15) is 14.7 Å². The molecule has 0 unspecified atom stereocenters. The fourth-order valence-electron chi connectivity index (χ4n) is 3.58. The minimum Gasteiger partial charge on any atom is -0.488 e. The Balaban J connectivity index is 1.47. The van der Waals surface area contributed by atoms with Crippen LogP contribution in [0.1, 0.15) is 17.1 Å². The Morgan fingerprint density at radius 3 is 2.71 bits per heavy atom. The third-order valence-corrected chi connectivity index (χ3v) is 6.79. The van der Waals surface area contributed by atoms with Gasteiger partial charge in [0.2, 0.25) is 11.8 Å². The summed E-state index contributed by atoms with van der Waals surface area (Å²) in [6.07, 6.45) is -0.0129. The minimum atomic E-state index is -0.743. The Morgan fingerprint density at radius 2 is 2.03 bits per heavy atom. The zero-order chi connectivity index (χ0) is 22.0. The fourth-order valence-corrected chi connectivity index (χ4v) is 5.24. The van der Waals surface area contributed by atoms with Crippen LogP contribution in [0.15, 0.2) is 35.7 Å². The molecule has 8 nitrogen and oxygen atoms in total. The minimum absolute atomic E-state index is 0.231. The lowest BCUT2D eigenvalue weighted by Gasteiger charge is -2.22. The monoisotopic (exact) mass is 458 g/mol. The average Bonchev–Trinajstić information content (AvgIpc) is 3.47. The van der Waals surface area contributed by atoms with E-state index in [2.05, 4.69) is 15.3 Å². The number of hydrogen-bond acceptors (Lipinski definition) is 8. The van der Waals surface area contributed by atoms with Crippen molar-refractivity contribution in [3.63, 3.8) is 0 Å². The molecule has 1 fully saturated rings. The molecule has 10 heteroatoms. The Bertz CT molecular complexity index is 1080. The number of aromatic nitrogens is 2. The number of hydrogen-bond donors (Lipinski definition) is 2. The molecule has 0 saturated carbocycles. The summed E-state index contributed by atoms with van der Waals surface area (Å²) in [7, 11) is 0. The number of aliphatic hydroxyl groups excluding tert-OH is 1. The normalized spacial score (nSPS) is 18.2. The molecule has 1 aliphatic heterocycles. The maximum Gasteiger partial charge on any atom is 0.249 e. The molecule has 1 saturated heterocycles. The average molecular weight is 459 g/mol. The number of anilines is 1. The number of carbonyl (C=O) groups excluding carboxylic acids is 2. The topological polar surface area (TPSA) is 105 Å². The van der Waals surface area contributed by atoms with Crippen LogP contribution in [0.4, 0.5) is 5.13 Å². The Labute approximate surface area is 187 Å². The van der Waals surface area contributed by atoms with Gasteiger partial charge in [0.1, 0.15) is 24.5 Å². The lowest BCUT2D eigenvalue weighted by molar-refractivity contribution is -0.139. The van der Waals surface area contributed by atoms with Crippen molar-refractivity contribution in [2.75, 3.05) is 18.5 Å². The number of likely N-dealkylation sites (tertiary alicyclic amines) is 1. The number of thiazole rings is 2. The van der Waals surface area contributed by atoms with E-state index >= 15 is 0 Å². The SMILES string of the molecule is Cc1nc(C)c(-c2csc(NC(=O)[C@@H]3C[C@@H](Oc4ccccc4)CN3C(=O)CO)n2)s1. The van der Waals surface area contributed by atoms with Gasteiger partial charge >= 0.3 is 0 Å². The summed E-state index contributed by atoms with van der Waals surface area (Å²) < 4.78 is 5.93. The predicted molar refractivity (Wildman–Crippen MR) is 119 cm³/mol. The largest absolute Gasteiger partial charge is 0.488 e. The molecule has 0 bridgehead atoms. The van der Waals surface area contributed by atoms with Crippen LogP contribution in [-0.2, 0) is 9.59 Å².